The number of amides is 1. The molecule has 3 aromatic rings. The molecule has 8 heteroatoms. The van der Waals surface area contributed by atoms with Crippen molar-refractivity contribution < 1.29 is 13.6 Å². The Morgan fingerprint density at radius 3 is 2.60 bits per heavy atom. The molecule has 1 atom stereocenters. The van der Waals surface area contributed by atoms with E-state index in [0.717, 1.165) is 5.56 Å². The molecular formula is C22H19F2N5O. The van der Waals surface area contributed by atoms with Crippen molar-refractivity contribution in [3.05, 3.63) is 65.5 Å². The molecule has 0 unspecified atom stereocenters. The number of carbonyl (C=O) groups excluding carboxylic acids is 1. The maximum absolute atomic E-state index is 13.4. The SMILES string of the molecule is C#Cn1cc(-c2cnn3c2C(=O)N(c2ccc(C(F)F)cc2)C[C@@H]3C)ccc1=NC. The minimum absolute atomic E-state index is 0.0812. The molecule has 0 spiro atoms. The quantitative estimate of drug-likeness (QED) is 0.625. The van der Waals surface area contributed by atoms with E-state index in [2.05, 4.69) is 16.1 Å². The molecule has 3 heterocycles. The zero-order chi connectivity index (χ0) is 21.4. The molecule has 0 aliphatic carbocycles. The van der Waals surface area contributed by atoms with Gasteiger partial charge in [-0.2, -0.15) is 5.10 Å². The van der Waals surface area contributed by atoms with Crippen LogP contribution in [0.1, 0.15) is 35.4 Å². The van der Waals surface area contributed by atoms with Gasteiger partial charge in [0.2, 0.25) is 0 Å². The van der Waals surface area contributed by atoms with E-state index in [0.29, 0.717) is 29.0 Å². The number of terminal acetylenes is 1. The highest BCUT2D eigenvalue weighted by atomic mass is 19.3. The van der Waals surface area contributed by atoms with Gasteiger partial charge in [-0.1, -0.05) is 18.6 Å². The first-order valence-electron chi connectivity index (χ1n) is 9.34. The maximum Gasteiger partial charge on any atom is 0.277 e. The van der Waals surface area contributed by atoms with Crippen molar-refractivity contribution >= 4 is 11.6 Å². The molecule has 0 saturated carbocycles. The number of pyridine rings is 1. The van der Waals surface area contributed by atoms with Gasteiger partial charge in [-0.05, 0) is 31.2 Å². The lowest BCUT2D eigenvalue weighted by molar-refractivity contribution is 0.0954. The Labute approximate surface area is 172 Å². The monoisotopic (exact) mass is 407 g/mol. The predicted molar refractivity (Wildman–Crippen MR) is 109 cm³/mol. The fourth-order valence-electron chi connectivity index (χ4n) is 3.63. The lowest BCUT2D eigenvalue weighted by Gasteiger charge is -2.32. The number of carbonyl (C=O) groups is 1. The average molecular weight is 407 g/mol. The lowest BCUT2D eigenvalue weighted by atomic mass is 10.0. The van der Waals surface area contributed by atoms with E-state index in [4.69, 9.17) is 6.42 Å². The molecule has 1 amide bonds. The topological polar surface area (TPSA) is 55.4 Å². The molecule has 152 valence electrons. The van der Waals surface area contributed by atoms with E-state index in [1.54, 1.807) is 47.2 Å². The minimum Gasteiger partial charge on any atom is -0.305 e. The van der Waals surface area contributed by atoms with Crippen molar-refractivity contribution in [3.8, 4) is 23.6 Å². The van der Waals surface area contributed by atoms with Crippen LogP contribution in [0.3, 0.4) is 0 Å². The third-order valence-corrected chi connectivity index (χ3v) is 5.17. The zero-order valence-electron chi connectivity index (χ0n) is 16.5. The van der Waals surface area contributed by atoms with Crippen LogP contribution in [0.2, 0.25) is 0 Å². The molecule has 0 bridgehead atoms. The fraction of sp³-hybridized carbons (Fsp3) is 0.227. The standard InChI is InChI=1S/C22H19F2N5O/c1-4-27-13-16(7-10-19(27)25-3)18-11-26-29-14(2)12-28(22(30)20(18)29)17-8-5-15(6-9-17)21(23)24/h1,5-11,13-14,21H,12H2,2-3H3/t14-/m0/s1. The van der Waals surface area contributed by atoms with E-state index < -0.39 is 6.43 Å². The van der Waals surface area contributed by atoms with E-state index in [9.17, 15) is 13.6 Å². The summed E-state index contributed by atoms with van der Waals surface area (Å²) in [5.41, 5.74) is 2.90. The van der Waals surface area contributed by atoms with Gasteiger partial charge >= 0.3 is 0 Å². The van der Waals surface area contributed by atoms with E-state index >= 15 is 0 Å². The van der Waals surface area contributed by atoms with Crippen LogP contribution < -0.4 is 10.4 Å². The molecule has 1 aliphatic heterocycles. The summed E-state index contributed by atoms with van der Waals surface area (Å²) in [6, 6.07) is 11.8. The number of benzene rings is 1. The zero-order valence-corrected chi connectivity index (χ0v) is 16.5. The molecule has 0 N–H and O–H groups in total. The second-order valence-electron chi connectivity index (χ2n) is 7.01. The molecule has 30 heavy (non-hydrogen) atoms. The third-order valence-electron chi connectivity index (χ3n) is 5.17. The Morgan fingerprint density at radius 1 is 1.23 bits per heavy atom. The molecule has 1 aliphatic rings. The van der Waals surface area contributed by atoms with Gasteiger partial charge in [-0.3, -0.25) is 19.0 Å². The van der Waals surface area contributed by atoms with Crippen LogP contribution >= 0.6 is 0 Å². The number of hydrogen-bond acceptors (Lipinski definition) is 3. The summed E-state index contributed by atoms with van der Waals surface area (Å²) in [6.07, 6.45) is 6.39. The van der Waals surface area contributed by atoms with Crippen LogP contribution in [0.5, 0.6) is 0 Å². The Bertz CT molecular complexity index is 1220. The summed E-state index contributed by atoms with van der Waals surface area (Å²) in [5.74, 6) is -0.248. The van der Waals surface area contributed by atoms with Gasteiger partial charge in [0.15, 0.2) is 0 Å². The molecule has 0 saturated heterocycles. The Hall–Kier alpha value is -3.73. The number of anilines is 1. The highest BCUT2D eigenvalue weighted by Crippen LogP contribution is 2.33. The summed E-state index contributed by atoms with van der Waals surface area (Å²) in [6.45, 7) is 2.34. The maximum atomic E-state index is 13.4. The number of rotatable bonds is 3. The molecule has 0 radical (unpaired) electrons. The summed E-state index contributed by atoms with van der Waals surface area (Å²) >= 11 is 0. The molecule has 4 rings (SSSR count). The number of hydrogen-bond donors (Lipinski definition) is 0. The molecule has 0 fully saturated rings. The summed E-state index contributed by atoms with van der Waals surface area (Å²) in [7, 11) is 1.65. The molecule has 2 aromatic heterocycles. The highest BCUT2D eigenvalue weighted by molar-refractivity contribution is 6.09. The number of nitrogens with zero attached hydrogens (tertiary/aromatic N) is 5. The Kier molecular flexibility index (Phi) is 4.96. The van der Waals surface area contributed by atoms with Crippen LogP contribution in [0.4, 0.5) is 14.5 Å². The van der Waals surface area contributed by atoms with Gasteiger partial charge in [-0.25, -0.2) is 8.78 Å². The van der Waals surface area contributed by atoms with Crippen molar-refractivity contribution in [2.24, 2.45) is 4.99 Å². The minimum atomic E-state index is -2.55. The first-order valence-corrected chi connectivity index (χ1v) is 9.34. The van der Waals surface area contributed by atoms with Crippen molar-refractivity contribution in [2.45, 2.75) is 19.4 Å². The van der Waals surface area contributed by atoms with Crippen molar-refractivity contribution in [1.82, 2.24) is 14.3 Å². The van der Waals surface area contributed by atoms with Gasteiger partial charge < -0.3 is 4.90 Å². The highest BCUT2D eigenvalue weighted by Gasteiger charge is 2.33. The van der Waals surface area contributed by atoms with Crippen LogP contribution in [-0.4, -0.2) is 33.8 Å². The lowest BCUT2D eigenvalue weighted by Crippen LogP contribution is -2.42. The number of fused-ring (bicyclic) bond motifs is 1. The van der Waals surface area contributed by atoms with Gasteiger partial charge in [0.1, 0.15) is 11.2 Å². The van der Waals surface area contributed by atoms with E-state index in [1.165, 1.54) is 16.7 Å². The van der Waals surface area contributed by atoms with Crippen molar-refractivity contribution in [2.75, 3.05) is 18.5 Å². The molecular weight excluding hydrogens is 388 g/mol. The Balaban J connectivity index is 1.78. The smallest absolute Gasteiger partial charge is 0.277 e. The largest absolute Gasteiger partial charge is 0.305 e. The van der Waals surface area contributed by atoms with Crippen molar-refractivity contribution in [3.63, 3.8) is 0 Å². The first-order chi connectivity index (χ1) is 14.4. The normalized spacial score (nSPS) is 16.7. The predicted octanol–water partition coefficient (Wildman–Crippen LogP) is 3.48. The van der Waals surface area contributed by atoms with Gasteiger partial charge in [0.25, 0.3) is 12.3 Å². The van der Waals surface area contributed by atoms with Gasteiger partial charge in [-0.15, -0.1) is 0 Å². The first kappa shape index (κ1) is 19.6. The number of alkyl halides is 2. The third kappa shape index (κ3) is 3.18. The van der Waals surface area contributed by atoms with Gasteiger partial charge in [0.05, 0.1) is 12.2 Å². The Morgan fingerprint density at radius 2 is 1.97 bits per heavy atom. The fourth-order valence-corrected chi connectivity index (χ4v) is 3.63. The van der Waals surface area contributed by atoms with Crippen molar-refractivity contribution in [1.29, 1.82) is 0 Å². The van der Waals surface area contributed by atoms with Crippen LogP contribution in [0, 0.1) is 12.5 Å². The van der Waals surface area contributed by atoms with Crippen LogP contribution in [-0.2, 0) is 0 Å². The average Bonchev–Trinajstić information content (AvgIpc) is 3.22. The molecule has 6 nitrogen and oxygen atoms in total. The van der Waals surface area contributed by atoms with E-state index in [-0.39, 0.29) is 17.5 Å². The molecule has 1 aromatic carbocycles. The second kappa shape index (κ2) is 7.59. The number of halogens is 2. The summed E-state index contributed by atoms with van der Waals surface area (Å²) in [4.78, 5) is 19.1. The summed E-state index contributed by atoms with van der Waals surface area (Å²) < 4.78 is 29.0. The van der Waals surface area contributed by atoms with E-state index in [1.807, 2.05) is 13.0 Å². The number of aromatic nitrogens is 3. The van der Waals surface area contributed by atoms with Crippen LogP contribution in [0.15, 0.2) is 53.8 Å². The summed E-state index contributed by atoms with van der Waals surface area (Å²) in [5, 5.41) is 4.41. The van der Waals surface area contributed by atoms with Gasteiger partial charge in [0, 0.05) is 48.2 Å². The van der Waals surface area contributed by atoms with Crippen LogP contribution in [0.25, 0.3) is 11.1 Å². The second-order valence-corrected chi connectivity index (χ2v) is 7.01.